The van der Waals surface area contributed by atoms with Crippen molar-refractivity contribution in [3.05, 3.63) is 29.3 Å². The molecule has 3 rings (SSSR count). The van der Waals surface area contributed by atoms with E-state index < -0.39 is 0 Å². The van der Waals surface area contributed by atoms with Crippen molar-refractivity contribution in [1.82, 2.24) is 10.5 Å². The van der Waals surface area contributed by atoms with Gasteiger partial charge in [-0.2, -0.15) is 0 Å². The molecule has 7 heteroatoms. The van der Waals surface area contributed by atoms with Crippen molar-refractivity contribution in [1.29, 1.82) is 0 Å². The van der Waals surface area contributed by atoms with Crippen LogP contribution >= 0.6 is 23.1 Å². The van der Waals surface area contributed by atoms with E-state index >= 15 is 0 Å². The molecule has 1 amide bonds. The fourth-order valence-electron chi connectivity index (χ4n) is 1.67. The Morgan fingerprint density at radius 3 is 3.21 bits per heavy atom. The molecule has 0 saturated carbocycles. The minimum atomic E-state index is -0.112. The number of carbonyl (C=O) groups excluding carboxylic acids is 1. The van der Waals surface area contributed by atoms with Crippen LogP contribution in [0.4, 0.5) is 0 Å². The van der Waals surface area contributed by atoms with Crippen LogP contribution in [0, 0.1) is 0 Å². The highest BCUT2D eigenvalue weighted by molar-refractivity contribution is 8.14. The van der Waals surface area contributed by atoms with Gasteiger partial charge in [0.25, 0.3) is 0 Å². The first-order chi connectivity index (χ1) is 9.31. The molecular weight excluding hydrogens is 282 g/mol. The first kappa shape index (κ1) is 12.4. The molecule has 5 nitrogen and oxygen atoms in total. The van der Waals surface area contributed by atoms with Crippen LogP contribution in [0.5, 0.6) is 0 Å². The molecule has 3 heterocycles. The molecule has 1 N–H and O–H groups in total. The molecule has 0 unspecified atom stereocenters. The summed E-state index contributed by atoms with van der Waals surface area (Å²) in [6, 6.07) is 5.71. The number of hydrogen-bond acceptors (Lipinski definition) is 6. The normalized spacial score (nSPS) is 14.4. The Kier molecular flexibility index (Phi) is 3.65. The maximum Gasteiger partial charge on any atom is 0.232 e. The minimum absolute atomic E-state index is 0.112. The zero-order chi connectivity index (χ0) is 13.1. The summed E-state index contributed by atoms with van der Waals surface area (Å²) in [6.45, 7) is 0.771. The third-order valence-electron chi connectivity index (χ3n) is 2.50. The second-order valence-corrected chi connectivity index (χ2v) is 5.95. The van der Waals surface area contributed by atoms with E-state index in [1.54, 1.807) is 29.2 Å². The van der Waals surface area contributed by atoms with Gasteiger partial charge in [-0.25, -0.2) is 0 Å². The molecule has 0 saturated heterocycles. The highest BCUT2D eigenvalue weighted by Crippen LogP contribution is 2.25. The van der Waals surface area contributed by atoms with Gasteiger partial charge in [-0.3, -0.25) is 9.79 Å². The minimum Gasteiger partial charge on any atom is -0.355 e. The van der Waals surface area contributed by atoms with Gasteiger partial charge in [0.2, 0.25) is 5.91 Å². The van der Waals surface area contributed by atoms with Gasteiger partial charge in [-0.15, -0.1) is 11.3 Å². The van der Waals surface area contributed by atoms with E-state index in [0.29, 0.717) is 16.6 Å². The molecular formula is C12H11N3O2S2. The Morgan fingerprint density at radius 2 is 2.47 bits per heavy atom. The third kappa shape index (κ3) is 3.05. The second kappa shape index (κ2) is 5.58. The lowest BCUT2D eigenvalue weighted by molar-refractivity contribution is -0.119. The zero-order valence-electron chi connectivity index (χ0n) is 9.96. The monoisotopic (exact) mass is 293 g/mol. The van der Waals surface area contributed by atoms with Crippen LogP contribution in [0.25, 0.3) is 10.6 Å². The number of amides is 1. The Balaban J connectivity index is 1.62. The molecule has 0 aromatic carbocycles. The largest absolute Gasteiger partial charge is 0.355 e. The van der Waals surface area contributed by atoms with Gasteiger partial charge in [-0.05, 0) is 11.4 Å². The van der Waals surface area contributed by atoms with Gasteiger partial charge in [0, 0.05) is 11.8 Å². The Labute approximate surface area is 118 Å². The predicted molar refractivity (Wildman–Crippen MR) is 76.4 cm³/mol. The van der Waals surface area contributed by atoms with Gasteiger partial charge >= 0.3 is 0 Å². The van der Waals surface area contributed by atoms with Crippen molar-refractivity contribution in [3.63, 3.8) is 0 Å². The van der Waals surface area contributed by atoms with Crippen LogP contribution in [0.2, 0.25) is 0 Å². The molecule has 0 aliphatic carbocycles. The molecule has 0 bridgehead atoms. The fraction of sp³-hybridized carbons (Fsp3) is 0.250. The molecule has 2 aromatic rings. The van der Waals surface area contributed by atoms with Crippen LogP contribution in [-0.2, 0) is 11.2 Å². The van der Waals surface area contributed by atoms with Gasteiger partial charge < -0.3 is 9.84 Å². The average Bonchev–Trinajstić information content (AvgIpc) is 3.09. The van der Waals surface area contributed by atoms with Gasteiger partial charge in [0.1, 0.15) is 0 Å². The van der Waals surface area contributed by atoms with E-state index in [9.17, 15) is 4.79 Å². The predicted octanol–water partition coefficient (Wildman–Crippen LogP) is 2.16. The molecule has 0 atom stereocenters. The first-order valence-corrected chi connectivity index (χ1v) is 7.64. The Hall–Kier alpha value is -1.60. The van der Waals surface area contributed by atoms with E-state index in [-0.39, 0.29) is 12.3 Å². The standard InChI is InChI=1S/C12H11N3O2S2/c16-11(14-12-13-3-5-19-12)7-8-6-9(17-15-8)10-2-1-4-18-10/h1-2,4,6H,3,5,7H2,(H,13,14,16). The van der Waals surface area contributed by atoms with E-state index in [1.807, 2.05) is 17.5 Å². The second-order valence-electron chi connectivity index (χ2n) is 3.92. The van der Waals surface area contributed by atoms with Crippen LogP contribution in [0.1, 0.15) is 5.69 Å². The lowest BCUT2D eigenvalue weighted by Crippen LogP contribution is -2.28. The van der Waals surface area contributed by atoms with E-state index in [4.69, 9.17) is 4.52 Å². The fourth-order valence-corrected chi connectivity index (χ4v) is 3.09. The third-order valence-corrected chi connectivity index (χ3v) is 4.27. The van der Waals surface area contributed by atoms with Crippen molar-refractivity contribution in [2.45, 2.75) is 6.42 Å². The number of amidine groups is 1. The maximum absolute atomic E-state index is 11.8. The molecule has 2 aromatic heterocycles. The average molecular weight is 293 g/mol. The highest BCUT2D eigenvalue weighted by atomic mass is 32.2. The lowest BCUT2D eigenvalue weighted by atomic mass is 10.2. The highest BCUT2D eigenvalue weighted by Gasteiger charge is 2.14. The molecule has 0 radical (unpaired) electrons. The Bertz CT molecular complexity index is 604. The molecule has 98 valence electrons. The summed E-state index contributed by atoms with van der Waals surface area (Å²) in [5.74, 6) is 1.52. The number of thiophene rings is 1. The summed E-state index contributed by atoms with van der Waals surface area (Å²) in [5, 5.41) is 9.35. The van der Waals surface area contributed by atoms with Crippen molar-refractivity contribution in [2.24, 2.45) is 4.99 Å². The summed E-state index contributed by atoms with van der Waals surface area (Å²) in [4.78, 5) is 17.0. The van der Waals surface area contributed by atoms with Crippen molar-refractivity contribution < 1.29 is 9.32 Å². The number of aromatic nitrogens is 1. The van der Waals surface area contributed by atoms with Gasteiger partial charge in [-0.1, -0.05) is 23.0 Å². The zero-order valence-corrected chi connectivity index (χ0v) is 11.6. The summed E-state index contributed by atoms with van der Waals surface area (Å²) in [6.07, 6.45) is 0.203. The smallest absolute Gasteiger partial charge is 0.232 e. The number of nitrogens with zero attached hydrogens (tertiary/aromatic N) is 2. The molecule has 1 aliphatic rings. The Morgan fingerprint density at radius 1 is 1.53 bits per heavy atom. The SMILES string of the molecule is O=C(Cc1cc(-c2cccs2)on1)NC1=NCCS1. The summed E-state index contributed by atoms with van der Waals surface area (Å²) in [7, 11) is 0. The van der Waals surface area contributed by atoms with E-state index in [1.165, 1.54) is 0 Å². The maximum atomic E-state index is 11.8. The van der Waals surface area contributed by atoms with E-state index in [0.717, 1.165) is 17.2 Å². The van der Waals surface area contributed by atoms with Crippen LogP contribution in [0.15, 0.2) is 33.1 Å². The van der Waals surface area contributed by atoms with Crippen LogP contribution in [-0.4, -0.2) is 28.5 Å². The van der Waals surface area contributed by atoms with Crippen molar-refractivity contribution >= 4 is 34.2 Å². The summed E-state index contributed by atoms with van der Waals surface area (Å²) >= 11 is 3.14. The number of carbonyl (C=O) groups is 1. The van der Waals surface area contributed by atoms with Crippen LogP contribution < -0.4 is 5.32 Å². The van der Waals surface area contributed by atoms with Crippen molar-refractivity contribution in [3.8, 4) is 10.6 Å². The molecule has 1 aliphatic heterocycles. The molecule has 19 heavy (non-hydrogen) atoms. The number of rotatable bonds is 3. The topological polar surface area (TPSA) is 67.5 Å². The number of nitrogens with one attached hydrogen (secondary N) is 1. The number of thioether (sulfide) groups is 1. The van der Waals surface area contributed by atoms with Gasteiger partial charge in [0.05, 0.1) is 23.5 Å². The lowest BCUT2D eigenvalue weighted by Gasteiger charge is -2.00. The quantitative estimate of drug-likeness (QED) is 0.941. The first-order valence-electron chi connectivity index (χ1n) is 5.78. The van der Waals surface area contributed by atoms with Gasteiger partial charge in [0.15, 0.2) is 10.9 Å². The van der Waals surface area contributed by atoms with Crippen molar-refractivity contribution in [2.75, 3.05) is 12.3 Å². The molecule has 0 fully saturated rings. The molecule has 0 spiro atoms. The summed E-state index contributed by atoms with van der Waals surface area (Å²) in [5.41, 5.74) is 0.629. The number of aliphatic imine (C=N–C) groups is 1. The number of hydrogen-bond donors (Lipinski definition) is 1. The summed E-state index contributed by atoms with van der Waals surface area (Å²) < 4.78 is 5.22. The van der Waals surface area contributed by atoms with E-state index in [2.05, 4.69) is 15.5 Å². The van der Waals surface area contributed by atoms with Crippen LogP contribution in [0.3, 0.4) is 0 Å².